The zero-order chi connectivity index (χ0) is 12.3. The van der Waals surface area contributed by atoms with Crippen LogP contribution in [0.25, 0.3) is 10.6 Å². The molecule has 0 fully saturated rings. The van der Waals surface area contributed by atoms with E-state index in [9.17, 15) is 4.79 Å². The van der Waals surface area contributed by atoms with Crippen molar-refractivity contribution in [3.63, 3.8) is 0 Å². The molecule has 88 valence electrons. The van der Waals surface area contributed by atoms with Gasteiger partial charge in [-0.3, -0.25) is 4.79 Å². The van der Waals surface area contributed by atoms with E-state index in [0.29, 0.717) is 16.4 Å². The molecule has 1 aromatic carbocycles. The summed E-state index contributed by atoms with van der Waals surface area (Å²) < 4.78 is 10.4. The second-order valence-electron chi connectivity index (χ2n) is 3.26. The van der Waals surface area contributed by atoms with Gasteiger partial charge in [-0.25, -0.2) is 4.98 Å². The van der Waals surface area contributed by atoms with Gasteiger partial charge in [0, 0.05) is 11.8 Å². The van der Waals surface area contributed by atoms with E-state index in [2.05, 4.69) is 4.98 Å². The van der Waals surface area contributed by atoms with E-state index in [1.807, 2.05) is 18.2 Å². The number of methoxy groups -OCH3 is 2. The SMILES string of the molecule is COc1ccc(-c2ncc(C=O)s2)cc1OC. The molecule has 0 aliphatic heterocycles. The first kappa shape index (κ1) is 11.6. The topological polar surface area (TPSA) is 48.4 Å². The van der Waals surface area contributed by atoms with E-state index in [0.717, 1.165) is 16.9 Å². The average Bonchev–Trinajstić information content (AvgIpc) is 2.86. The molecule has 1 heterocycles. The van der Waals surface area contributed by atoms with Crippen molar-refractivity contribution >= 4 is 17.6 Å². The molecule has 0 aliphatic rings. The molecule has 0 saturated heterocycles. The lowest BCUT2D eigenvalue weighted by Crippen LogP contribution is -1.90. The summed E-state index contributed by atoms with van der Waals surface area (Å²) in [5.74, 6) is 1.32. The van der Waals surface area contributed by atoms with E-state index >= 15 is 0 Å². The molecule has 1 aromatic heterocycles. The lowest BCUT2D eigenvalue weighted by atomic mass is 10.2. The van der Waals surface area contributed by atoms with Crippen molar-refractivity contribution in [3.8, 4) is 22.1 Å². The summed E-state index contributed by atoms with van der Waals surface area (Å²) in [5.41, 5.74) is 0.903. The van der Waals surface area contributed by atoms with Gasteiger partial charge in [-0.2, -0.15) is 0 Å². The number of thiazole rings is 1. The maximum absolute atomic E-state index is 10.6. The van der Waals surface area contributed by atoms with Gasteiger partial charge in [0.05, 0.1) is 19.1 Å². The molecular formula is C12H11NO3S. The third kappa shape index (κ3) is 2.29. The number of aromatic nitrogens is 1. The van der Waals surface area contributed by atoms with E-state index in [1.165, 1.54) is 11.3 Å². The first-order valence-electron chi connectivity index (χ1n) is 4.92. The van der Waals surface area contributed by atoms with Crippen LogP contribution in [0.2, 0.25) is 0 Å². The number of aldehydes is 1. The predicted octanol–water partition coefficient (Wildman–Crippen LogP) is 2.64. The molecule has 0 saturated carbocycles. The molecule has 0 bridgehead atoms. The fourth-order valence-electron chi connectivity index (χ4n) is 1.44. The highest BCUT2D eigenvalue weighted by Crippen LogP contribution is 2.33. The maximum Gasteiger partial charge on any atom is 0.161 e. The molecular weight excluding hydrogens is 238 g/mol. The standard InChI is InChI=1S/C12H11NO3S/c1-15-10-4-3-8(5-11(10)16-2)12-13-6-9(7-14)17-12/h3-7H,1-2H3. The zero-order valence-corrected chi connectivity index (χ0v) is 10.3. The fourth-order valence-corrected chi connectivity index (χ4v) is 2.17. The second-order valence-corrected chi connectivity index (χ2v) is 4.32. The van der Waals surface area contributed by atoms with Gasteiger partial charge in [0.1, 0.15) is 5.01 Å². The number of carbonyl (C=O) groups is 1. The number of carbonyl (C=O) groups excluding carboxylic acids is 1. The largest absolute Gasteiger partial charge is 0.493 e. The number of hydrogen-bond acceptors (Lipinski definition) is 5. The summed E-state index contributed by atoms with van der Waals surface area (Å²) in [6, 6.07) is 5.54. The second kappa shape index (κ2) is 4.97. The molecule has 0 amide bonds. The molecule has 17 heavy (non-hydrogen) atoms. The van der Waals surface area contributed by atoms with Gasteiger partial charge < -0.3 is 9.47 Å². The molecule has 5 heteroatoms. The summed E-state index contributed by atoms with van der Waals surface area (Å²) in [6.07, 6.45) is 2.35. The van der Waals surface area contributed by atoms with Crippen molar-refractivity contribution in [1.29, 1.82) is 0 Å². The maximum atomic E-state index is 10.6. The van der Waals surface area contributed by atoms with Crippen LogP contribution in [-0.2, 0) is 0 Å². The summed E-state index contributed by atoms with van der Waals surface area (Å²) in [6.45, 7) is 0. The average molecular weight is 249 g/mol. The molecule has 0 unspecified atom stereocenters. The number of ether oxygens (including phenoxy) is 2. The van der Waals surface area contributed by atoms with Crippen molar-refractivity contribution in [1.82, 2.24) is 4.98 Å². The summed E-state index contributed by atoms with van der Waals surface area (Å²) >= 11 is 1.34. The van der Waals surface area contributed by atoms with Gasteiger partial charge >= 0.3 is 0 Å². The van der Waals surface area contributed by atoms with Crippen LogP contribution in [0.1, 0.15) is 9.67 Å². The van der Waals surface area contributed by atoms with Crippen LogP contribution in [-0.4, -0.2) is 25.5 Å². The van der Waals surface area contributed by atoms with E-state index in [1.54, 1.807) is 20.4 Å². The Kier molecular flexibility index (Phi) is 3.39. The number of nitrogens with zero attached hydrogens (tertiary/aromatic N) is 1. The third-order valence-corrected chi connectivity index (χ3v) is 3.24. The molecule has 2 rings (SSSR count). The Morgan fingerprint density at radius 1 is 1.24 bits per heavy atom. The predicted molar refractivity (Wildman–Crippen MR) is 66.0 cm³/mol. The minimum absolute atomic E-state index is 0.606. The Morgan fingerprint density at radius 2 is 2.00 bits per heavy atom. The van der Waals surface area contributed by atoms with Crippen LogP contribution in [0.5, 0.6) is 11.5 Å². The zero-order valence-electron chi connectivity index (χ0n) is 9.47. The van der Waals surface area contributed by atoms with Crippen molar-refractivity contribution in [3.05, 3.63) is 29.3 Å². The van der Waals surface area contributed by atoms with Gasteiger partial charge in [0.2, 0.25) is 0 Å². The van der Waals surface area contributed by atoms with Gasteiger partial charge in [-0.05, 0) is 18.2 Å². The quantitative estimate of drug-likeness (QED) is 0.781. The molecule has 0 aliphatic carbocycles. The minimum atomic E-state index is 0.606. The molecule has 0 spiro atoms. The summed E-state index contributed by atoms with van der Waals surface area (Å²) in [7, 11) is 3.17. The number of hydrogen-bond donors (Lipinski definition) is 0. The Bertz CT molecular complexity index is 536. The highest BCUT2D eigenvalue weighted by molar-refractivity contribution is 7.16. The Labute approximate surface area is 103 Å². The normalized spacial score (nSPS) is 10.0. The Morgan fingerprint density at radius 3 is 2.59 bits per heavy atom. The van der Waals surface area contributed by atoms with Crippen LogP contribution in [0.3, 0.4) is 0 Å². The van der Waals surface area contributed by atoms with Crippen molar-refractivity contribution in [2.75, 3.05) is 14.2 Å². The molecule has 0 radical (unpaired) electrons. The molecule has 0 atom stereocenters. The first-order chi connectivity index (χ1) is 8.28. The van der Waals surface area contributed by atoms with Crippen molar-refractivity contribution < 1.29 is 14.3 Å². The summed E-state index contributed by atoms with van der Waals surface area (Å²) in [4.78, 5) is 15.4. The van der Waals surface area contributed by atoms with Crippen LogP contribution in [0.4, 0.5) is 0 Å². The van der Waals surface area contributed by atoms with Crippen LogP contribution < -0.4 is 9.47 Å². The Balaban J connectivity index is 2.42. The van der Waals surface area contributed by atoms with E-state index in [4.69, 9.17) is 9.47 Å². The third-order valence-electron chi connectivity index (χ3n) is 2.27. The summed E-state index contributed by atoms with van der Waals surface area (Å²) in [5, 5.41) is 0.785. The lowest BCUT2D eigenvalue weighted by Gasteiger charge is -2.07. The van der Waals surface area contributed by atoms with Crippen LogP contribution >= 0.6 is 11.3 Å². The smallest absolute Gasteiger partial charge is 0.161 e. The molecule has 2 aromatic rings. The van der Waals surface area contributed by atoms with Crippen molar-refractivity contribution in [2.24, 2.45) is 0 Å². The van der Waals surface area contributed by atoms with Crippen molar-refractivity contribution in [2.45, 2.75) is 0 Å². The monoisotopic (exact) mass is 249 g/mol. The van der Waals surface area contributed by atoms with Gasteiger partial charge in [0.25, 0.3) is 0 Å². The highest BCUT2D eigenvalue weighted by Gasteiger charge is 2.09. The fraction of sp³-hybridized carbons (Fsp3) is 0.167. The minimum Gasteiger partial charge on any atom is -0.493 e. The van der Waals surface area contributed by atoms with E-state index in [-0.39, 0.29) is 0 Å². The highest BCUT2D eigenvalue weighted by atomic mass is 32.1. The number of benzene rings is 1. The van der Waals surface area contributed by atoms with E-state index < -0.39 is 0 Å². The van der Waals surface area contributed by atoms with Crippen LogP contribution in [0.15, 0.2) is 24.4 Å². The van der Waals surface area contributed by atoms with Gasteiger partial charge in [-0.1, -0.05) is 0 Å². The van der Waals surface area contributed by atoms with Gasteiger partial charge in [-0.15, -0.1) is 11.3 Å². The molecule has 0 N–H and O–H groups in total. The first-order valence-corrected chi connectivity index (χ1v) is 5.73. The lowest BCUT2D eigenvalue weighted by molar-refractivity contribution is 0.112. The molecule has 4 nitrogen and oxygen atoms in total. The number of rotatable bonds is 4. The van der Waals surface area contributed by atoms with Gasteiger partial charge in [0.15, 0.2) is 17.8 Å². The van der Waals surface area contributed by atoms with Crippen LogP contribution in [0, 0.1) is 0 Å². The Hall–Kier alpha value is -1.88.